The lowest BCUT2D eigenvalue weighted by Crippen LogP contribution is -2.14. The molecule has 0 aliphatic rings. The molecule has 0 aliphatic carbocycles. The van der Waals surface area contributed by atoms with E-state index in [-0.39, 0.29) is 11.8 Å². The molecule has 0 fully saturated rings. The average Bonchev–Trinajstić information content (AvgIpc) is 2.97. The smallest absolute Gasteiger partial charge is 0.169 e. The van der Waals surface area contributed by atoms with E-state index in [0.717, 1.165) is 27.7 Å². The number of fused-ring (bicyclic) bond motifs is 1. The minimum absolute atomic E-state index is 0.126. The molecular formula is C20H22N2O2S. The number of rotatable bonds is 7. The summed E-state index contributed by atoms with van der Waals surface area (Å²) in [4.78, 5) is 16.6. The second-order valence-electron chi connectivity index (χ2n) is 6.05. The molecule has 5 heteroatoms. The number of carbonyl (C=O) groups excluding carboxylic acids is 1. The van der Waals surface area contributed by atoms with E-state index >= 15 is 0 Å². The summed E-state index contributed by atoms with van der Waals surface area (Å²) in [6.07, 6.45) is 0. The summed E-state index contributed by atoms with van der Waals surface area (Å²) in [6, 6.07) is 15.7. The SMILES string of the molecule is CC(=O)[C@H](C)n1c(SCCOc2ccc(C)cc2)nc2ccccc21. The molecule has 3 aromatic rings. The van der Waals surface area contributed by atoms with Gasteiger partial charge in [0.05, 0.1) is 23.7 Å². The molecular weight excluding hydrogens is 332 g/mol. The number of hydrogen-bond acceptors (Lipinski definition) is 4. The molecule has 0 bridgehead atoms. The van der Waals surface area contributed by atoms with Crippen molar-refractivity contribution in [2.75, 3.05) is 12.4 Å². The third-order valence-corrected chi connectivity index (χ3v) is 5.06. The summed E-state index contributed by atoms with van der Waals surface area (Å²) in [6.45, 7) is 6.18. The van der Waals surface area contributed by atoms with Crippen LogP contribution in [0, 0.1) is 6.92 Å². The van der Waals surface area contributed by atoms with Crippen LogP contribution in [0.4, 0.5) is 0 Å². The van der Waals surface area contributed by atoms with E-state index in [9.17, 15) is 4.79 Å². The maximum atomic E-state index is 11.9. The first-order valence-electron chi connectivity index (χ1n) is 8.36. The average molecular weight is 354 g/mol. The summed E-state index contributed by atoms with van der Waals surface area (Å²) in [5.74, 6) is 1.76. The van der Waals surface area contributed by atoms with Gasteiger partial charge in [-0.3, -0.25) is 4.79 Å². The predicted molar refractivity (Wildman–Crippen MR) is 103 cm³/mol. The van der Waals surface area contributed by atoms with Gasteiger partial charge < -0.3 is 9.30 Å². The molecule has 130 valence electrons. The van der Waals surface area contributed by atoms with Crippen LogP contribution >= 0.6 is 11.8 Å². The molecule has 2 aromatic carbocycles. The standard InChI is InChI=1S/C20H22N2O2S/c1-14-8-10-17(11-9-14)24-12-13-25-20-21-18-6-4-5-7-19(18)22(20)15(2)16(3)23/h4-11,15H,12-13H2,1-3H3/t15-/m0/s1. The Balaban J connectivity index is 1.71. The van der Waals surface area contributed by atoms with Gasteiger partial charge in [-0.05, 0) is 45.0 Å². The van der Waals surface area contributed by atoms with Crippen LogP contribution in [0.5, 0.6) is 5.75 Å². The van der Waals surface area contributed by atoms with Crippen molar-refractivity contribution >= 4 is 28.6 Å². The third-order valence-electron chi connectivity index (χ3n) is 4.14. The molecule has 3 rings (SSSR count). The van der Waals surface area contributed by atoms with Gasteiger partial charge >= 0.3 is 0 Å². The van der Waals surface area contributed by atoms with Gasteiger partial charge in [-0.25, -0.2) is 4.98 Å². The largest absolute Gasteiger partial charge is 0.493 e. The Hall–Kier alpha value is -2.27. The Kier molecular flexibility index (Phi) is 5.43. The van der Waals surface area contributed by atoms with Crippen LogP contribution in [0.3, 0.4) is 0 Å². The highest BCUT2D eigenvalue weighted by atomic mass is 32.2. The Morgan fingerprint density at radius 2 is 1.92 bits per heavy atom. The number of Topliss-reactive ketones (excluding diaryl/α,β-unsaturated/α-hetero) is 1. The third kappa shape index (κ3) is 4.04. The molecule has 0 aliphatic heterocycles. The lowest BCUT2D eigenvalue weighted by Gasteiger charge is -2.14. The van der Waals surface area contributed by atoms with E-state index in [1.165, 1.54) is 5.56 Å². The number of aryl methyl sites for hydroxylation is 1. The highest BCUT2D eigenvalue weighted by molar-refractivity contribution is 7.99. The Bertz CT molecular complexity index is 871. The highest BCUT2D eigenvalue weighted by Crippen LogP contribution is 2.28. The molecule has 25 heavy (non-hydrogen) atoms. The van der Waals surface area contributed by atoms with E-state index in [4.69, 9.17) is 9.72 Å². The number of ether oxygens (including phenoxy) is 1. The van der Waals surface area contributed by atoms with E-state index in [0.29, 0.717) is 6.61 Å². The van der Waals surface area contributed by atoms with Crippen LogP contribution in [0.1, 0.15) is 25.5 Å². The van der Waals surface area contributed by atoms with Crippen LogP contribution in [0.2, 0.25) is 0 Å². The second-order valence-corrected chi connectivity index (χ2v) is 7.11. The topological polar surface area (TPSA) is 44.1 Å². The molecule has 0 amide bonds. The van der Waals surface area contributed by atoms with Gasteiger partial charge in [0, 0.05) is 5.75 Å². The summed E-state index contributed by atoms with van der Waals surface area (Å²) in [7, 11) is 0. The summed E-state index contributed by atoms with van der Waals surface area (Å²) in [5, 5.41) is 0.858. The van der Waals surface area contributed by atoms with E-state index < -0.39 is 0 Å². The molecule has 1 aromatic heterocycles. The minimum Gasteiger partial charge on any atom is -0.493 e. The Labute approximate surface area is 152 Å². The number of thioether (sulfide) groups is 1. The number of imidazole rings is 1. The van der Waals surface area contributed by atoms with Crippen molar-refractivity contribution in [3.8, 4) is 5.75 Å². The number of aromatic nitrogens is 2. The molecule has 4 nitrogen and oxygen atoms in total. The van der Waals surface area contributed by atoms with Crippen molar-refractivity contribution in [1.82, 2.24) is 9.55 Å². The van der Waals surface area contributed by atoms with Gasteiger partial charge in [0.1, 0.15) is 5.75 Å². The zero-order valence-corrected chi connectivity index (χ0v) is 15.5. The molecule has 0 spiro atoms. The number of para-hydroxylation sites is 2. The van der Waals surface area contributed by atoms with Gasteiger partial charge in [0.25, 0.3) is 0 Å². The van der Waals surface area contributed by atoms with E-state index in [1.807, 2.05) is 60.0 Å². The van der Waals surface area contributed by atoms with Crippen LogP contribution < -0.4 is 4.74 Å². The monoisotopic (exact) mass is 354 g/mol. The maximum Gasteiger partial charge on any atom is 0.169 e. The quantitative estimate of drug-likeness (QED) is 0.457. The Morgan fingerprint density at radius 3 is 2.64 bits per heavy atom. The predicted octanol–water partition coefficient (Wildman–Crippen LogP) is 4.67. The van der Waals surface area contributed by atoms with Crippen molar-refractivity contribution in [3.05, 3.63) is 54.1 Å². The summed E-state index contributed by atoms with van der Waals surface area (Å²) >= 11 is 1.62. The van der Waals surface area contributed by atoms with Crippen molar-refractivity contribution in [2.45, 2.75) is 32.0 Å². The van der Waals surface area contributed by atoms with Crippen LogP contribution in [0.25, 0.3) is 11.0 Å². The first kappa shape index (κ1) is 17.5. The fourth-order valence-corrected chi connectivity index (χ4v) is 3.51. The number of carbonyl (C=O) groups is 1. The first-order valence-corrected chi connectivity index (χ1v) is 9.34. The number of hydrogen-bond donors (Lipinski definition) is 0. The van der Waals surface area contributed by atoms with Gasteiger partial charge in [-0.2, -0.15) is 0 Å². The van der Waals surface area contributed by atoms with Crippen molar-refractivity contribution in [2.24, 2.45) is 0 Å². The minimum atomic E-state index is -0.229. The fourth-order valence-electron chi connectivity index (χ4n) is 2.61. The Morgan fingerprint density at radius 1 is 1.20 bits per heavy atom. The molecule has 0 saturated heterocycles. The van der Waals surface area contributed by atoms with Gasteiger partial charge in [-0.15, -0.1) is 0 Å². The number of nitrogens with zero attached hydrogens (tertiary/aromatic N) is 2. The molecule has 1 heterocycles. The van der Waals surface area contributed by atoms with Crippen LogP contribution in [-0.2, 0) is 4.79 Å². The van der Waals surface area contributed by atoms with Gasteiger partial charge in [-0.1, -0.05) is 41.6 Å². The molecule has 0 saturated carbocycles. The van der Waals surface area contributed by atoms with E-state index in [2.05, 4.69) is 6.92 Å². The van der Waals surface area contributed by atoms with Gasteiger partial charge in [0.15, 0.2) is 10.9 Å². The number of benzene rings is 2. The van der Waals surface area contributed by atoms with Crippen molar-refractivity contribution in [1.29, 1.82) is 0 Å². The van der Waals surface area contributed by atoms with Crippen molar-refractivity contribution < 1.29 is 9.53 Å². The molecule has 0 unspecified atom stereocenters. The summed E-state index contributed by atoms with van der Waals surface area (Å²) in [5.41, 5.74) is 3.12. The van der Waals surface area contributed by atoms with E-state index in [1.54, 1.807) is 18.7 Å². The van der Waals surface area contributed by atoms with Crippen LogP contribution in [-0.4, -0.2) is 27.7 Å². The summed E-state index contributed by atoms with van der Waals surface area (Å²) < 4.78 is 7.80. The maximum absolute atomic E-state index is 11.9. The highest BCUT2D eigenvalue weighted by Gasteiger charge is 2.18. The lowest BCUT2D eigenvalue weighted by molar-refractivity contribution is -0.119. The lowest BCUT2D eigenvalue weighted by atomic mass is 10.2. The van der Waals surface area contributed by atoms with Crippen LogP contribution in [0.15, 0.2) is 53.7 Å². The fraction of sp³-hybridized carbons (Fsp3) is 0.300. The molecule has 0 N–H and O–H groups in total. The second kappa shape index (κ2) is 7.74. The first-order chi connectivity index (χ1) is 12.1. The zero-order valence-electron chi connectivity index (χ0n) is 14.7. The molecule has 0 radical (unpaired) electrons. The zero-order chi connectivity index (χ0) is 17.8. The normalized spacial score (nSPS) is 12.3. The number of ketones is 1. The van der Waals surface area contributed by atoms with Crippen molar-refractivity contribution in [3.63, 3.8) is 0 Å². The van der Waals surface area contributed by atoms with Gasteiger partial charge in [0.2, 0.25) is 0 Å². The molecule has 1 atom stereocenters.